The van der Waals surface area contributed by atoms with Gasteiger partial charge in [-0.2, -0.15) is 0 Å². The average Bonchev–Trinajstić information content (AvgIpc) is 1.66. The van der Waals surface area contributed by atoms with Crippen LogP contribution in [0, 0.1) is 11.8 Å². The first-order valence-corrected chi connectivity index (χ1v) is 2.54. The van der Waals surface area contributed by atoms with E-state index in [0.29, 0.717) is 6.42 Å². The number of hydrogen-bond donors (Lipinski definition) is 2. The fourth-order valence-electron chi connectivity index (χ4n) is 0.276. The predicted molar refractivity (Wildman–Crippen MR) is 31.2 cm³/mol. The van der Waals surface area contributed by atoms with Gasteiger partial charge < -0.3 is 10.2 Å². The predicted octanol–water partition coefficient (Wildman–Crippen LogP) is -0.247. The largest absolute Gasteiger partial charge is 0.395 e. The van der Waals surface area contributed by atoms with Crippen molar-refractivity contribution in [3.63, 3.8) is 0 Å². The van der Waals surface area contributed by atoms with Crippen molar-refractivity contribution in [3.8, 4) is 11.8 Å². The van der Waals surface area contributed by atoms with Crippen molar-refractivity contribution in [2.24, 2.45) is 0 Å². The van der Waals surface area contributed by atoms with E-state index in [1.807, 2.05) is 0 Å². The van der Waals surface area contributed by atoms with Crippen molar-refractivity contribution in [3.05, 3.63) is 0 Å². The van der Waals surface area contributed by atoms with Crippen molar-refractivity contribution in [2.75, 3.05) is 6.61 Å². The molecule has 0 aliphatic carbocycles. The fraction of sp³-hybridized carbons (Fsp3) is 0.667. The van der Waals surface area contributed by atoms with E-state index >= 15 is 0 Å². The highest BCUT2D eigenvalue weighted by Crippen LogP contribution is 1.74. The summed E-state index contributed by atoms with van der Waals surface area (Å²) >= 11 is 0. The van der Waals surface area contributed by atoms with E-state index in [2.05, 4.69) is 11.8 Å². The molecule has 0 radical (unpaired) electrons. The molecule has 0 rings (SSSR count). The summed E-state index contributed by atoms with van der Waals surface area (Å²) < 4.78 is 0. The van der Waals surface area contributed by atoms with Crippen LogP contribution < -0.4 is 0 Å². The van der Waals surface area contributed by atoms with Gasteiger partial charge in [0.1, 0.15) is 6.10 Å². The maximum absolute atomic E-state index is 8.52. The van der Waals surface area contributed by atoms with E-state index in [1.165, 1.54) is 0 Å². The molecular formula is C6H10O2. The first-order valence-electron chi connectivity index (χ1n) is 2.54. The third kappa shape index (κ3) is 5.48. The third-order valence-corrected chi connectivity index (χ3v) is 0.548. The quantitative estimate of drug-likeness (QED) is 0.461. The molecule has 0 amide bonds. The lowest BCUT2D eigenvalue weighted by atomic mass is 10.4. The molecule has 0 aromatic rings. The second-order valence-electron chi connectivity index (χ2n) is 1.47. The molecule has 0 saturated heterocycles. The Morgan fingerprint density at radius 2 is 2.25 bits per heavy atom. The zero-order valence-electron chi connectivity index (χ0n) is 4.89. The summed E-state index contributed by atoms with van der Waals surface area (Å²) in [4.78, 5) is 0. The molecule has 0 heterocycles. The van der Waals surface area contributed by atoms with E-state index < -0.39 is 6.10 Å². The van der Waals surface area contributed by atoms with E-state index in [0.717, 1.165) is 0 Å². The Kier molecular flexibility index (Phi) is 4.33. The molecule has 2 nitrogen and oxygen atoms in total. The Bertz CT molecular complexity index is 96.8. The van der Waals surface area contributed by atoms with E-state index in [1.54, 1.807) is 6.92 Å². The van der Waals surface area contributed by atoms with Crippen LogP contribution in [0.4, 0.5) is 0 Å². The molecule has 2 N–H and O–H groups in total. The highest BCUT2D eigenvalue weighted by molar-refractivity contribution is 5.02. The highest BCUT2D eigenvalue weighted by Gasteiger charge is 1.80. The highest BCUT2D eigenvalue weighted by atomic mass is 16.3. The molecule has 0 bridgehead atoms. The molecular weight excluding hydrogens is 104 g/mol. The van der Waals surface area contributed by atoms with Gasteiger partial charge in [0, 0.05) is 6.42 Å². The van der Waals surface area contributed by atoms with Crippen LogP contribution in [0.5, 0.6) is 0 Å². The molecule has 0 aromatic heterocycles. The van der Waals surface area contributed by atoms with Gasteiger partial charge in [0.05, 0.1) is 6.61 Å². The molecule has 1 atom stereocenters. The Morgan fingerprint density at radius 1 is 1.62 bits per heavy atom. The topological polar surface area (TPSA) is 40.5 Å². The van der Waals surface area contributed by atoms with Gasteiger partial charge in [0.2, 0.25) is 0 Å². The Hall–Kier alpha value is -0.520. The second-order valence-corrected chi connectivity index (χ2v) is 1.47. The van der Waals surface area contributed by atoms with Gasteiger partial charge in [-0.1, -0.05) is 11.8 Å². The second kappa shape index (κ2) is 4.63. The van der Waals surface area contributed by atoms with Crippen molar-refractivity contribution in [2.45, 2.75) is 19.4 Å². The standard InChI is InChI=1S/C6H10O2/c1-6(8)4-2-3-5-7/h6-8H,3,5H2,1H3. The fourth-order valence-corrected chi connectivity index (χ4v) is 0.276. The van der Waals surface area contributed by atoms with Gasteiger partial charge in [-0.25, -0.2) is 0 Å². The normalized spacial score (nSPS) is 11.9. The van der Waals surface area contributed by atoms with Crippen LogP contribution in [0.15, 0.2) is 0 Å². The molecule has 0 aromatic carbocycles. The number of hydrogen-bond acceptors (Lipinski definition) is 2. The van der Waals surface area contributed by atoms with Gasteiger partial charge in [-0.05, 0) is 6.92 Å². The van der Waals surface area contributed by atoms with Crippen molar-refractivity contribution in [1.29, 1.82) is 0 Å². The third-order valence-electron chi connectivity index (χ3n) is 0.548. The van der Waals surface area contributed by atoms with Crippen LogP contribution in [0.2, 0.25) is 0 Å². The summed E-state index contributed by atoms with van der Waals surface area (Å²) in [7, 11) is 0. The smallest absolute Gasteiger partial charge is 0.111 e. The Morgan fingerprint density at radius 3 is 2.62 bits per heavy atom. The zero-order chi connectivity index (χ0) is 6.41. The maximum atomic E-state index is 8.52. The van der Waals surface area contributed by atoms with Gasteiger partial charge in [-0.3, -0.25) is 0 Å². The van der Waals surface area contributed by atoms with Gasteiger partial charge >= 0.3 is 0 Å². The SMILES string of the molecule is CC(O)C#CCCO. The lowest BCUT2D eigenvalue weighted by Gasteiger charge is -1.85. The summed E-state index contributed by atoms with van der Waals surface area (Å²) in [6, 6.07) is 0. The molecule has 0 saturated carbocycles. The summed E-state index contributed by atoms with van der Waals surface area (Å²) in [6.45, 7) is 1.66. The van der Waals surface area contributed by atoms with E-state index in [9.17, 15) is 0 Å². The van der Waals surface area contributed by atoms with Crippen LogP contribution in [0.1, 0.15) is 13.3 Å². The molecule has 0 spiro atoms. The maximum Gasteiger partial charge on any atom is 0.111 e. The summed E-state index contributed by atoms with van der Waals surface area (Å²) in [6.07, 6.45) is -0.119. The minimum atomic E-state index is -0.568. The molecule has 46 valence electrons. The van der Waals surface area contributed by atoms with Crippen LogP contribution in [-0.2, 0) is 0 Å². The summed E-state index contributed by atoms with van der Waals surface area (Å²) in [5.41, 5.74) is 0. The monoisotopic (exact) mass is 114 g/mol. The number of aliphatic hydroxyl groups is 2. The minimum Gasteiger partial charge on any atom is -0.395 e. The first kappa shape index (κ1) is 7.48. The Balaban J connectivity index is 3.20. The van der Waals surface area contributed by atoms with Crippen molar-refractivity contribution in [1.82, 2.24) is 0 Å². The summed E-state index contributed by atoms with van der Waals surface area (Å²) in [5, 5.41) is 16.7. The van der Waals surface area contributed by atoms with Crippen LogP contribution in [0.25, 0.3) is 0 Å². The molecule has 2 heteroatoms. The number of aliphatic hydroxyl groups excluding tert-OH is 2. The first-order chi connectivity index (χ1) is 3.77. The average molecular weight is 114 g/mol. The zero-order valence-corrected chi connectivity index (χ0v) is 4.89. The van der Waals surface area contributed by atoms with Crippen molar-refractivity contribution >= 4 is 0 Å². The van der Waals surface area contributed by atoms with Crippen LogP contribution >= 0.6 is 0 Å². The van der Waals surface area contributed by atoms with E-state index in [4.69, 9.17) is 10.2 Å². The van der Waals surface area contributed by atoms with Gasteiger partial charge in [0.15, 0.2) is 0 Å². The lowest BCUT2D eigenvalue weighted by molar-refractivity contribution is 0.253. The van der Waals surface area contributed by atoms with Gasteiger partial charge in [0.25, 0.3) is 0 Å². The lowest BCUT2D eigenvalue weighted by Crippen LogP contribution is -1.92. The molecule has 1 unspecified atom stereocenters. The molecule has 0 fully saturated rings. The van der Waals surface area contributed by atoms with Crippen molar-refractivity contribution < 1.29 is 10.2 Å². The van der Waals surface area contributed by atoms with E-state index in [-0.39, 0.29) is 6.61 Å². The summed E-state index contributed by atoms with van der Waals surface area (Å²) in [5.74, 6) is 5.08. The molecule has 8 heavy (non-hydrogen) atoms. The Labute approximate surface area is 49.2 Å². The molecule has 0 aliphatic heterocycles. The minimum absolute atomic E-state index is 0.0692. The van der Waals surface area contributed by atoms with Gasteiger partial charge in [-0.15, -0.1) is 0 Å². The van der Waals surface area contributed by atoms with Crippen LogP contribution in [-0.4, -0.2) is 22.9 Å². The number of rotatable bonds is 1. The van der Waals surface area contributed by atoms with Crippen LogP contribution in [0.3, 0.4) is 0 Å². The molecule has 0 aliphatic rings.